The molecule has 2 fully saturated rings. The number of ether oxygens (including phenoxy) is 1. The standard InChI is InChI=1S/C25H36ClN3O4/c1-17(16-33-18(2)30)24(31)29(21-6-4-3-5-7-21)22-12-13-28(15-22)25(32)23(27)14-19-8-10-20(26)11-9-19/h8-11,17,21-23H,3-7,12-16,27H2,1-2H3/t17-,22+,23-/m1/s1. The van der Waals surface area contributed by atoms with Crippen molar-refractivity contribution in [2.24, 2.45) is 11.7 Å². The lowest BCUT2D eigenvalue weighted by atomic mass is 9.92. The molecule has 0 radical (unpaired) electrons. The Morgan fingerprint density at radius 2 is 1.79 bits per heavy atom. The number of benzene rings is 1. The van der Waals surface area contributed by atoms with Crippen LogP contribution < -0.4 is 5.73 Å². The number of halogens is 1. The lowest BCUT2D eigenvalue weighted by Crippen LogP contribution is -2.52. The third kappa shape index (κ3) is 6.93. The van der Waals surface area contributed by atoms with Gasteiger partial charge in [-0.05, 0) is 43.4 Å². The smallest absolute Gasteiger partial charge is 0.302 e. The fourth-order valence-corrected chi connectivity index (χ4v) is 5.08. The molecule has 0 bridgehead atoms. The first kappa shape index (κ1) is 25.5. The Bertz CT molecular complexity index is 825. The van der Waals surface area contributed by atoms with Crippen LogP contribution in [0.1, 0.15) is 57.9 Å². The minimum Gasteiger partial charge on any atom is -0.465 e. The average molecular weight is 478 g/mol. The maximum absolute atomic E-state index is 13.4. The number of carbonyl (C=O) groups is 3. The third-order valence-corrected chi connectivity index (χ3v) is 6.99. The van der Waals surface area contributed by atoms with E-state index in [4.69, 9.17) is 22.1 Å². The molecule has 1 saturated carbocycles. The van der Waals surface area contributed by atoms with Crippen LogP contribution in [-0.2, 0) is 25.5 Å². The highest BCUT2D eigenvalue weighted by molar-refractivity contribution is 6.30. The highest BCUT2D eigenvalue weighted by Crippen LogP contribution is 2.29. The Morgan fingerprint density at radius 1 is 1.12 bits per heavy atom. The van der Waals surface area contributed by atoms with Gasteiger partial charge in [-0.15, -0.1) is 0 Å². The first-order chi connectivity index (χ1) is 15.8. The van der Waals surface area contributed by atoms with Gasteiger partial charge < -0.3 is 20.3 Å². The van der Waals surface area contributed by atoms with E-state index in [0.29, 0.717) is 24.5 Å². The predicted molar refractivity (Wildman–Crippen MR) is 128 cm³/mol. The molecule has 2 aliphatic rings. The molecular formula is C25H36ClN3O4. The number of likely N-dealkylation sites (tertiary alicyclic amines) is 1. The van der Waals surface area contributed by atoms with Crippen LogP contribution in [0, 0.1) is 5.92 Å². The molecular weight excluding hydrogens is 442 g/mol. The van der Waals surface area contributed by atoms with Crippen LogP contribution in [0.5, 0.6) is 0 Å². The molecule has 3 atom stereocenters. The van der Waals surface area contributed by atoms with Crippen molar-refractivity contribution in [2.45, 2.75) is 76.9 Å². The van der Waals surface area contributed by atoms with Crippen molar-refractivity contribution in [3.63, 3.8) is 0 Å². The molecule has 0 unspecified atom stereocenters. The summed E-state index contributed by atoms with van der Waals surface area (Å²) in [7, 11) is 0. The molecule has 7 nitrogen and oxygen atoms in total. The summed E-state index contributed by atoms with van der Waals surface area (Å²) in [6.45, 7) is 4.33. The van der Waals surface area contributed by atoms with E-state index in [0.717, 1.165) is 37.7 Å². The lowest BCUT2D eigenvalue weighted by molar-refractivity contribution is -0.149. The number of carbonyl (C=O) groups excluding carboxylic acids is 3. The second-order valence-electron chi connectivity index (χ2n) is 9.40. The minimum atomic E-state index is -0.633. The van der Waals surface area contributed by atoms with Gasteiger partial charge in [0.1, 0.15) is 6.61 Å². The van der Waals surface area contributed by atoms with E-state index in [1.54, 1.807) is 24.0 Å². The molecule has 8 heteroatoms. The second kappa shape index (κ2) is 11.8. The number of amides is 2. The number of rotatable bonds is 8. The van der Waals surface area contributed by atoms with Gasteiger partial charge in [0.25, 0.3) is 0 Å². The van der Waals surface area contributed by atoms with Crippen LogP contribution in [0.25, 0.3) is 0 Å². The van der Waals surface area contributed by atoms with Gasteiger partial charge in [-0.2, -0.15) is 0 Å². The largest absolute Gasteiger partial charge is 0.465 e. The number of esters is 1. The van der Waals surface area contributed by atoms with Crippen LogP contribution >= 0.6 is 11.6 Å². The predicted octanol–water partition coefficient (Wildman–Crippen LogP) is 3.17. The highest BCUT2D eigenvalue weighted by atomic mass is 35.5. The zero-order chi connectivity index (χ0) is 24.0. The average Bonchev–Trinajstić information content (AvgIpc) is 3.28. The Hall–Kier alpha value is -2.12. The van der Waals surface area contributed by atoms with Crippen molar-refractivity contribution in [1.29, 1.82) is 0 Å². The SMILES string of the molecule is CC(=O)OC[C@@H](C)C(=O)N(C1CCCCC1)[C@H]1CCN(C(=O)[C@H](N)Cc2ccc(Cl)cc2)C1. The van der Waals surface area contributed by atoms with E-state index >= 15 is 0 Å². The zero-order valence-corrected chi connectivity index (χ0v) is 20.4. The molecule has 33 heavy (non-hydrogen) atoms. The molecule has 1 heterocycles. The summed E-state index contributed by atoms with van der Waals surface area (Å²) in [5, 5.41) is 0.649. The normalized spacial score (nSPS) is 20.8. The van der Waals surface area contributed by atoms with Crippen molar-refractivity contribution in [3.8, 4) is 0 Å². The van der Waals surface area contributed by atoms with Crippen molar-refractivity contribution >= 4 is 29.4 Å². The minimum absolute atomic E-state index is 0.00733. The Labute approximate surface area is 201 Å². The molecule has 1 aliphatic carbocycles. The van der Waals surface area contributed by atoms with Crippen LogP contribution in [0.15, 0.2) is 24.3 Å². The third-order valence-electron chi connectivity index (χ3n) is 6.74. The molecule has 0 aromatic heterocycles. The zero-order valence-electron chi connectivity index (χ0n) is 19.7. The molecule has 2 amide bonds. The van der Waals surface area contributed by atoms with E-state index in [1.165, 1.54) is 13.3 Å². The van der Waals surface area contributed by atoms with Gasteiger partial charge in [-0.25, -0.2) is 0 Å². The van der Waals surface area contributed by atoms with Crippen LogP contribution in [-0.4, -0.2) is 65.4 Å². The van der Waals surface area contributed by atoms with E-state index < -0.39 is 12.0 Å². The van der Waals surface area contributed by atoms with Gasteiger partial charge in [0.2, 0.25) is 11.8 Å². The van der Waals surface area contributed by atoms with E-state index in [9.17, 15) is 14.4 Å². The molecule has 2 N–H and O–H groups in total. The molecule has 182 valence electrons. The summed E-state index contributed by atoms with van der Waals surface area (Å²) < 4.78 is 5.10. The molecule has 3 rings (SSSR count). The fraction of sp³-hybridized carbons (Fsp3) is 0.640. The van der Waals surface area contributed by atoms with E-state index in [1.807, 2.05) is 17.0 Å². The first-order valence-electron chi connectivity index (χ1n) is 12.0. The van der Waals surface area contributed by atoms with Gasteiger partial charge in [0.15, 0.2) is 0 Å². The lowest BCUT2D eigenvalue weighted by Gasteiger charge is -2.40. The van der Waals surface area contributed by atoms with E-state index in [-0.39, 0.29) is 36.5 Å². The van der Waals surface area contributed by atoms with Gasteiger partial charge in [-0.3, -0.25) is 14.4 Å². The summed E-state index contributed by atoms with van der Waals surface area (Å²) in [5.41, 5.74) is 7.22. The topological polar surface area (TPSA) is 92.9 Å². The quantitative estimate of drug-likeness (QED) is 0.580. The van der Waals surface area contributed by atoms with Crippen molar-refractivity contribution in [2.75, 3.05) is 19.7 Å². The van der Waals surface area contributed by atoms with Crippen molar-refractivity contribution in [1.82, 2.24) is 9.80 Å². The molecule has 1 aliphatic heterocycles. The monoisotopic (exact) mass is 477 g/mol. The van der Waals surface area contributed by atoms with Gasteiger partial charge in [0.05, 0.1) is 18.0 Å². The summed E-state index contributed by atoms with van der Waals surface area (Å²) in [5.74, 6) is -0.872. The number of hydrogen-bond donors (Lipinski definition) is 1. The summed E-state index contributed by atoms with van der Waals surface area (Å²) in [6.07, 6.45) is 6.54. The van der Waals surface area contributed by atoms with Crippen LogP contribution in [0.4, 0.5) is 0 Å². The fourth-order valence-electron chi connectivity index (χ4n) is 4.95. The Kier molecular flexibility index (Phi) is 9.15. The first-order valence-corrected chi connectivity index (χ1v) is 12.4. The highest BCUT2D eigenvalue weighted by Gasteiger charge is 2.39. The summed E-state index contributed by atoms with van der Waals surface area (Å²) >= 11 is 5.94. The van der Waals surface area contributed by atoms with Crippen molar-refractivity contribution < 1.29 is 19.1 Å². The second-order valence-corrected chi connectivity index (χ2v) is 9.84. The summed E-state index contributed by atoms with van der Waals surface area (Å²) in [6, 6.07) is 6.87. The maximum Gasteiger partial charge on any atom is 0.302 e. The number of hydrogen-bond acceptors (Lipinski definition) is 5. The summed E-state index contributed by atoms with van der Waals surface area (Å²) in [4.78, 5) is 41.5. The Morgan fingerprint density at radius 3 is 2.42 bits per heavy atom. The number of nitrogens with two attached hydrogens (primary N) is 1. The number of nitrogens with zero attached hydrogens (tertiary/aromatic N) is 2. The van der Waals surface area contributed by atoms with Gasteiger partial charge in [0, 0.05) is 31.1 Å². The molecule has 1 aromatic carbocycles. The maximum atomic E-state index is 13.4. The van der Waals surface area contributed by atoms with Crippen LogP contribution in [0.3, 0.4) is 0 Å². The van der Waals surface area contributed by atoms with Crippen molar-refractivity contribution in [3.05, 3.63) is 34.9 Å². The molecule has 1 saturated heterocycles. The van der Waals surface area contributed by atoms with E-state index in [2.05, 4.69) is 0 Å². The van der Waals surface area contributed by atoms with Crippen LogP contribution in [0.2, 0.25) is 5.02 Å². The van der Waals surface area contributed by atoms with Gasteiger partial charge >= 0.3 is 5.97 Å². The molecule has 0 spiro atoms. The molecule has 1 aromatic rings. The Balaban J connectivity index is 1.65. The van der Waals surface area contributed by atoms with Gasteiger partial charge in [-0.1, -0.05) is 49.9 Å².